The van der Waals surface area contributed by atoms with Gasteiger partial charge in [0.25, 0.3) is 11.8 Å². The molecular formula is C17H17N8O5S2+. The molecule has 0 saturated carbocycles. The Bertz CT molecular complexity index is 1130. The molecule has 13 nitrogen and oxygen atoms in total. The summed E-state index contributed by atoms with van der Waals surface area (Å²) in [5.41, 5.74) is 5.83. The zero-order valence-corrected chi connectivity index (χ0v) is 18.2. The zero-order valence-electron chi connectivity index (χ0n) is 16.5. The fourth-order valence-corrected chi connectivity index (χ4v) is 5.06. The summed E-state index contributed by atoms with van der Waals surface area (Å²) in [5.74, 6) is -2.13. The molecule has 1 saturated heterocycles. The van der Waals surface area contributed by atoms with Crippen LogP contribution in [0.2, 0.25) is 0 Å². The molecule has 0 radical (unpaired) electrons. The van der Waals surface area contributed by atoms with Crippen molar-refractivity contribution in [1.82, 2.24) is 24.6 Å². The van der Waals surface area contributed by atoms with Crippen LogP contribution < -0.4 is 15.6 Å². The van der Waals surface area contributed by atoms with Gasteiger partial charge in [-0.3, -0.25) is 19.5 Å². The number of carboxylic acids is 1. The minimum atomic E-state index is -1.21. The van der Waals surface area contributed by atoms with Gasteiger partial charge >= 0.3 is 5.97 Å². The van der Waals surface area contributed by atoms with Crippen molar-refractivity contribution >= 4 is 51.9 Å². The smallest absolute Gasteiger partial charge is 0.352 e. The zero-order chi connectivity index (χ0) is 22.8. The minimum Gasteiger partial charge on any atom is -0.477 e. The molecule has 32 heavy (non-hydrogen) atoms. The molecule has 2 aromatic heterocycles. The van der Waals surface area contributed by atoms with Gasteiger partial charge in [-0.15, -0.1) is 11.8 Å². The van der Waals surface area contributed by atoms with Crippen molar-refractivity contribution in [2.24, 2.45) is 5.16 Å². The van der Waals surface area contributed by atoms with Crippen LogP contribution in [0.5, 0.6) is 0 Å². The molecule has 4 heterocycles. The number of nitrogens with one attached hydrogen (secondary N) is 1. The molecule has 0 spiro atoms. The summed E-state index contributed by atoms with van der Waals surface area (Å²) in [6.07, 6.45) is 6.59. The fourth-order valence-electron chi connectivity index (χ4n) is 3.29. The topological polar surface area (TPSA) is 177 Å². The first-order valence-electron chi connectivity index (χ1n) is 9.11. The average Bonchev–Trinajstić information content (AvgIpc) is 3.21. The van der Waals surface area contributed by atoms with E-state index < -0.39 is 29.2 Å². The molecule has 4 N–H and O–H groups in total. The van der Waals surface area contributed by atoms with E-state index in [2.05, 4.69) is 24.8 Å². The first-order valence-corrected chi connectivity index (χ1v) is 10.9. The van der Waals surface area contributed by atoms with Gasteiger partial charge in [0.1, 0.15) is 24.2 Å². The molecule has 4 rings (SSSR count). The fraction of sp³-hybridized carbons (Fsp3) is 0.294. The second kappa shape index (κ2) is 8.88. The van der Waals surface area contributed by atoms with E-state index in [-0.39, 0.29) is 22.4 Å². The Balaban J connectivity index is 1.53. The summed E-state index contributed by atoms with van der Waals surface area (Å²) >= 11 is 2.24. The third kappa shape index (κ3) is 3.99. The molecule has 2 atom stereocenters. The lowest BCUT2D eigenvalue weighted by Crippen LogP contribution is -2.71. The van der Waals surface area contributed by atoms with Crippen molar-refractivity contribution in [1.29, 1.82) is 0 Å². The molecule has 0 bridgehead atoms. The second-order valence-electron chi connectivity index (χ2n) is 6.61. The van der Waals surface area contributed by atoms with Gasteiger partial charge in [0, 0.05) is 22.9 Å². The Kier molecular flexibility index (Phi) is 6.00. The summed E-state index contributed by atoms with van der Waals surface area (Å²) in [6, 6.07) is -0.935. The van der Waals surface area contributed by atoms with Crippen LogP contribution in [-0.2, 0) is 25.8 Å². The third-order valence-electron chi connectivity index (χ3n) is 4.65. The second-order valence-corrected chi connectivity index (χ2v) is 8.50. The molecule has 166 valence electrons. The number of carboxylic acid groups (broad SMARTS) is 1. The number of carbonyl (C=O) groups is 3. The number of thioether (sulfide) groups is 1. The van der Waals surface area contributed by atoms with Gasteiger partial charge in [-0.2, -0.15) is 13.9 Å². The number of rotatable bonds is 7. The third-order valence-corrected chi connectivity index (χ3v) is 6.53. The van der Waals surface area contributed by atoms with E-state index in [9.17, 15) is 19.5 Å². The van der Waals surface area contributed by atoms with Crippen LogP contribution in [0.25, 0.3) is 0 Å². The molecule has 2 amide bonds. The summed E-state index contributed by atoms with van der Waals surface area (Å²) in [7, 11) is 1.25. The molecule has 2 aromatic rings. The highest BCUT2D eigenvalue weighted by Crippen LogP contribution is 2.40. The van der Waals surface area contributed by atoms with Crippen LogP contribution in [-0.4, -0.2) is 72.1 Å². The lowest BCUT2D eigenvalue weighted by Gasteiger charge is -2.49. The Labute approximate surface area is 189 Å². The summed E-state index contributed by atoms with van der Waals surface area (Å²) in [6.45, 7) is 0.298. The number of aliphatic carboxylic acids is 1. The number of aromatic nitrogens is 4. The number of carbonyl (C=O) groups excluding carboxylic acids is 2. The minimum absolute atomic E-state index is 0.0328. The van der Waals surface area contributed by atoms with Gasteiger partial charge in [0.2, 0.25) is 11.5 Å². The van der Waals surface area contributed by atoms with Gasteiger partial charge in [-0.1, -0.05) is 5.16 Å². The van der Waals surface area contributed by atoms with E-state index in [1.807, 2.05) is 0 Å². The van der Waals surface area contributed by atoms with Crippen LogP contribution >= 0.6 is 23.3 Å². The summed E-state index contributed by atoms with van der Waals surface area (Å²) in [4.78, 5) is 51.3. The summed E-state index contributed by atoms with van der Waals surface area (Å²) in [5, 5.41) is 15.6. The van der Waals surface area contributed by atoms with Crippen LogP contribution in [0, 0.1) is 0 Å². The van der Waals surface area contributed by atoms with Crippen molar-refractivity contribution in [2.75, 3.05) is 18.6 Å². The molecular weight excluding hydrogens is 460 g/mol. The van der Waals surface area contributed by atoms with Gasteiger partial charge < -0.3 is 21.0 Å². The van der Waals surface area contributed by atoms with E-state index in [1.165, 1.54) is 23.8 Å². The lowest BCUT2D eigenvalue weighted by atomic mass is 10.0. The van der Waals surface area contributed by atoms with Crippen molar-refractivity contribution in [2.45, 2.75) is 18.0 Å². The van der Waals surface area contributed by atoms with E-state index in [0.29, 0.717) is 17.9 Å². The van der Waals surface area contributed by atoms with E-state index in [0.717, 1.165) is 11.5 Å². The number of fused-ring (bicyclic) bond motifs is 1. The summed E-state index contributed by atoms with van der Waals surface area (Å²) < 4.78 is 5.71. The standard InChI is InChI=1S/C17H16N8O5S2/c1-30-22-9(12-21-17(18)32-23-12)13(26)20-10-14(27)25-11(16(28)29)8(7-31-15(10)25)6-24-4-2-19-3-5-24/h2-5,10,15H,6-7H2,1H3,(H3-,18,20,21,23,26,28,29)/p+1/t10?,15-/m0/s1. The van der Waals surface area contributed by atoms with Crippen LogP contribution in [0.4, 0.5) is 5.13 Å². The van der Waals surface area contributed by atoms with Gasteiger partial charge in [0.15, 0.2) is 24.1 Å². The molecule has 2 aliphatic rings. The van der Waals surface area contributed by atoms with Gasteiger partial charge in [-0.25, -0.2) is 4.79 Å². The molecule has 0 aliphatic carbocycles. The number of amides is 2. The molecule has 2 aliphatic heterocycles. The number of hydrogen-bond donors (Lipinski definition) is 3. The number of oxime groups is 1. The molecule has 1 unspecified atom stereocenters. The molecule has 0 aromatic carbocycles. The van der Waals surface area contributed by atoms with Crippen LogP contribution in [0.15, 0.2) is 41.2 Å². The van der Waals surface area contributed by atoms with E-state index >= 15 is 0 Å². The first-order chi connectivity index (χ1) is 15.4. The van der Waals surface area contributed by atoms with Crippen molar-refractivity contribution in [3.05, 3.63) is 41.9 Å². The monoisotopic (exact) mass is 477 g/mol. The predicted molar refractivity (Wildman–Crippen MR) is 112 cm³/mol. The maximum absolute atomic E-state index is 12.8. The van der Waals surface area contributed by atoms with E-state index in [1.54, 1.807) is 29.4 Å². The van der Waals surface area contributed by atoms with Crippen LogP contribution in [0.1, 0.15) is 5.82 Å². The lowest BCUT2D eigenvalue weighted by molar-refractivity contribution is -0.689. The highest BCUT2D eigenvalue weighted by molar-refractivity contribution is 8.00. The Morgan fingerprint density at radius 3 is 2.81 bits per heavy atom. The SMILES string of the molecule is CON=C(C(=O)NC1C(=O)N2C(C(=O)O)=C(C[n+]3ccncc3)CS[C@@H]12)c1nsc(N)n1. The number of nitrogens with zero attached hydrogens (tertiary/aromatic N) is 6. The average molecular weight is 478 g/mol. The molecule has 1 fully saturated rings. The maximum Gasteiger partial charge on any atom is 0.352 e. The Morgan fingerprint density at radius 1 is 1.44 bits per heavy atom. The Hall–Kier alpha value is -3.59. The van der Waals surface area contributed by atoms with Gasteiger partial charge in [-0.05, 0) is 0 Å². The Morgan fingerprint density at radius 2 is 2.19 bits per heavy atom. The number of β-lactam (4-membered cyclic amide) rings is 1. The highest BCUT2D eigenvalue weighted by Gasteiger charge is 2.54. The van der Waals surface area contributed by atoms with Crippen molar-refractivity contribution in [3.63, 3.8) is 0 Å². The normalized spacial score (nSPS) is 20.5. The van der Waals surface area contributed by atoms with Crippen molar-refractivity contribution in [3.8, 4) is 0 Å². The quantitative estimate of drug-likeness (QED) is 0.186. The van der Waals surface area contributed by atoms with Crippen LogP contribution in [0.3, 0.4) is 0 Å². The highest BCUT2D eigenvalue weighted by atomic mass is 32.2. The largest absolute Gasteiger partial charge is 0.477 e. The number of nitrogen functional groups attached to an aromatic ring is 1. The number of hydrogen-bond acceptors (Lipinski definition) is 11. The van der Waals surface area contributed by atoms with E-state index in [4.69, 9.17) is 10.6 Å². The van der Waals surface area contributed by atoms with Gasteiger partial charge in [0.05, 0.1) is 12.4 Å². The maximum atomic E-state index is 12.8. The van der Waals surface area contributed by atoms with Crippen molar-refractivity contribution < 1.29 is 28.9 Å². The number of anilines is 1. The first kappa shape index (κ1) is 21.6. The number of nitrogens with two attached hydrogens (primary N) is 1. The predicted octanol–water partition coefficient (Wildman–Crippen LogP) is -1.41. The molecule has 15 heteroatoms.